The third kappa shape index (κ3) is 4.40. The van der Waals surface area contributed by atoms with Crippen LogP contribution in [0.2, 0.25) is 0 Å². The second-order valence-corrected chi connectivity index (χ2v) is 8.00. The maximum absolute atomic E-state index is 13.8. The van der Waals surface area contributed by atoms with Crippen LogP contribution >= 0.6 is 0 Å². The van der Waals surface area contributed by atoms with Crippen molar-refractivity contribution in [2.24, 2.45) is 0 Å². The number of carbonyl (C=O) groups excluding carboxylic acids is 1. The smallest absolute Gasteiger partial charge is 0.234 e. The van der Waals surface area contributed by atoms with Crippen LogP contribution in [-0.2, 0) is 17.8 Å². The number of carbonyl (C=O) groups is 1. The highest BCUT2D eigenvalue weighted by Crippen LogP contribution is 2.24. The lowest BCUT2D eigenvalue weighted by atomic mass is 10.1. The molecule has 5 aromatic rings. The van der Waals surface area contributed by atoms with Crippen LogP contribution in [0, 0.1) is 18.6 Å². The lowest BCUT2D eigenvalue weighted by Gasteiger charge is -2.23. The van der Waals surface area contributed by atoms with E-state index in [4.69, 9.17) is 0 Å². The maximum atomic E-state index is 13.8. The summed E-state index contributed by atoms with van der Waals surface area (Å²) in [5.41, 5.74) is 4.29. The number of hydrogen-bond acceptors (Lipinski definition) is 4. The number of aryl methyl sites for hydroxylation is 1. The molecule has 170 valence electrons. The highest BCUT2D eigenvalue weighted by Gasteiger charge is 2.20. The summed E-state index contributed by atoms with van der Waals surface area (Å²) in [4.78, 5) is 22.0. The summed E-state index contributed by atoms with van der Waals surface area (Å²) >= 11 is 0. The van der Waals surface area contributed by atoms with Gasteiger partial charge in [0.1, 0.15) is 17.5 Å². The fourth-order valence-corrected chi connectivity index (χ4v) is 3.84. The number of anilines is 1. The number of benzene rings is 2. The number of nitrogens with zero attached hydrogens (tertiary/aromatic N) is 5. The van der Waals surface area contributed by atoms with Gasteiger partial charge in [0.2, 0.25) is 5.91 Å². The summed E-state index contributed by atoms with van der Waals surface area (Å²) in [6.07, 6.45) is 5.11. The van der Waals surface area contributed by atoms with E-state index in [0.717, 1.165) is 22.9 Å². The summed E-state index contributed by atoms with van der Waals surface area (Å²) in [7, 11) is 0. The van der Waals surface area contributed by atoms with E-state index in [2.05, 4.69) is 20.2 Å². The summed E-state index contributed by atoms with van der Waals surface area (Å²) in [6, 6.07) is 14.3. The van der Waals surface area contributed by atoms with E-state index in [-0.39, 0.29) is 18.9 Å². The molecule has 0 spiro atoms. The van der Waals surface area contributed by atoms with E-state index in [1.165, 1.54) is 17.0 Å². The molecular weight excluding hydrogens is 438 g/mol. The van der Waals surface area contributed by atoms with Gasteiger partial charge in [-0.1, -0.05) is 18.2 Å². The molecule has 0 fully saturated rings. The van der Waals surface area contributed by atoms with Gasteiger partial charge in [0.15, 0.2) is 5.65 Å². The van der Waals surface area contributed by atoms with Crippen LogP contribution in [0.1, 0.15) is 17.0 Å². The number of halogens is 2. The van der Waals surface area contributed by atoms with Crippen molar-refractivity contribution in [1.82, 2.24) is 24.6 Å². The molecule has 0 unspecified atom stereocenters. The molecule has 0 saturated heterocycles. The number of pyridine rings is 1. The molecule has 2 aromatic carbocycles. The number of imidazole rings is 1. The maximum Gasteiger partial charge on any atom is 0.234 e. The van der Waals surface area contributed by atoms with Crippen molar-refractivity contribution in [2.45, 2.75) is 19.9 Å². The number of H-pyrrole nitrogens is 1. The molecule has 9 heteroatoms. The first-order valence-electron chi connectivity index (χ1n) is 10.6. The van der Waals surface area contributed by atoms with Crippen molar-refractivity contribution in [3.8, 4) is 11.3 Å². The first-order chi connectivity index (χ1) is 16.5. The molecule has 34 heavy (non-hydrogen) atoms. The summed E-state index contributed by atoms with van der Waals surface area (Å²) in [6.45, 7) is 1.93. The Hall–Kier alpha value is -4.40. The molecular formula is C25H20F2N6O. The molecule has 0 aliphatic rings. The zero-order valence-corrected chi connectivity index (χ0v) is 18.2. The predicted molar refractivity (Wildman–Crippen MR) is 123 cm³/mol. The van der Waals surface area contributed by atoms with Gasteiger partial charge in [-0.2, -0.15) is 0 Å². The van der Waals surface area contributed by atoms with Crippen LogP contribution in [-0.4, -0.2) is 30.5 Å². The quantitative estimate of drug-likeness (QED) is 0.407. The number of fused-ring (bicyclic) bond motifs is 1. The van der Waals surface area contributed by atoms with Crippen LogP contribution < -0.4 is 4.90 Å². The van der Waals surface area contributed by atoms with Gasteiger partial charge >= 0.3 is 0 Å². The number of aromatic amines is 1. The van der Waals surface area contributed by atoms with Crippen LogP contribution in [0.3, 0.4) is 0 Å². The molecule has 1 N–H and O–H groups in total. The number of rotatable bonds is 6. The Bertz CT molecular complexity index is 1440. The topological polar surface area (TPSA) is 79.2 Å². The molecule has 0 atom stereocenters. The number of amides is 1. The standard InChI is InChI=1S/C25H20F2N6O/c1-16-2-7-23-30-31-24(33(23)13-16)11-25(34)32(14-17-8-19(26)10-20(27)9-17)21-5-3-18(4-6-21)22-12-28-15-29-22/h2-10,12-13,15H,11,14H2,1H3,(H,28,29). The van der Waals surface area contributed by atoms with Crippen LogP contribution in [0.5, 0.6) is 0 Å². The molecule has 0 radical (unpaired) electrons. The Labute approximate surface area is 193 Å². The zero-order chi connectivity index (χ0) is 23.7. The van der Waals surface area contributed by atoms with Crippen molar-refractivity contribution in [3.63, 3.8) is 0 Å². The normalized spacial score (nSPS) is 11.1. The van der Waals surface area contributed by atoms with Crippen LogP contribution in [0.15, 0.2) is 73.3 Å². The first-order valence-corrected chi connectivity index (χ1v) is 10.6. The molecule has 0 aliphatic heterocycles. The Balaban J connectivity index is 1.48. The molecule has 0 saturated carbocycles. The van der Waals surface area contributed by atoms with Gasteiger partial charge in [0.05, 0.1) is 31.2 Å². The Morgan fingerprint density at radius 1 is 1.03 bits per heavy atom. The fraction of sp³-hybridized carbons (Fsp3) is 0.120. The lowest BCUT2D eigenvalue weighted by molar-refractivity contribution is -0.118. The minimum atomic E-state index is -0.698. The molecule has 3 aromatic heterocycles. The largest absolute Gasteiger partial charge is 0.345 e. The predicted octanol–water partition coefficient (Wildman–Crippen LogP) is 4.48. The molecule has 1 amide bonds. The van der Waals surface area contributed by atoms with Crippen LogP contribution in [0.4, 0.5) is 14.5 Å². The van der Waals surface area contributed by atoms with E-state index in [1.54, 1.807) is 29.1 Å². The highest BCUT2D eigenvalue weighted by molar-refractivity contribution is 5.94. The molecule has 0 bridgehead atoms. The van der Waals surface area contributed by atoms with Gasteiger partial charge < -0.3 is 9.88 Å². The van der Waals surface area contributed by atoms with E-state index in [9.17, 15) is 13.6 Å². The SMILES string of the molecule is Cc1ccc2nnc(CC(=O)N(Cc3cc(F)cc(F)c3)c3ccc(-c4cnc[nH]4)cc3)n2c1. The van der Waals surface area contributed by atoms with Gasteiger partial charge in [-0.05, 0) is 53.9 Å². The third-order valence-corrected chi connectivity index (χ3v) is 5.48. The highest BCUT2D eigenvalue weighted by atomic mass is 19.1. The first kappa shape index (κ1) is 21.4. The van der Waals surface area contributed by atoms with Crippen molar-refractivity contribution in [3.05, 3.63) is 102 Å². The molecule has 0 aliphatic carbocycles. The second kappa shape index (κ2) is 8.86. The molecule has 7 nitrogen and oxygen atoms in total. The van der Waals surface area contributed by atoms with E-state index in [0.29, 0.717) is 22.7 Å². The third-order valence-electron chi connectivity index (χ3n) is 5.48. The Morgan fingerprint density at radius 3 is 2.50 bits per heavy atom. The second-order valence-electron chi connectivity index (χ2n) is 8.00. The molecule has 3 heterocycles. The van der Waals surface area contributed by atoms with Gasteiger partial charge in [-0.15, -0.1) is 10.2 Å². The number of nitrogens with one attached hydrogen (secondary N) is 1. The summed E-state index contributed by atoms with van der Waals surface area (Å²) < 4.78 is 29.4. The van der Waals surface area contributed by atoms with E-state index < -0.39 is 11.6 Å². The summed E-state index contributed by atoms with van der Waals surface area (Å²) in [5, 5.41) is 8.30. The Kier molecular flexibility index (Phi) is 5.59. The zero-order valence-electron chi connectivity index (χ0n) is 18.2. The van der Waals surface area contributed by atoms with Crippen molar-refractivity contribution < 1.29 is 13.6 Å². The van der Waals surface area contributed by atoms with E-state index in [1.807, 2.05) is 37.4 Å². The fourth-order valence-electron chi connectivity index (χ4n) is 3.84. The van der Waals surface area contributed by atoms with Crippen molar-refractivity contribution in [1.29, 1.82) is 0 Å². The number of hydrogen-bond donors (Lipinski definition) is 1. The molecule has 5 rings (SSSR count). The van der Waals surface area contributed by atoms with Gasteiger partial charge in [-0.3, -0.25) is 9.20 Å². The minimum absolute atomic E-state index is 0.00726. The van der Waals surface area contributed by atoms with Gasteiger partial charge in [-0.25, -0.2) is 13.8 Å². The Morgan fingerprint density at radius 2 is 1.79 bits per heavy atom. The van der Waals surface area contributed by atoms with Gasteiger partial charge in [0, 0.05) is 18.0 Å². The van der Waals surface area contributed by atoms with Gasteiger partial charge in [0.25, 0.3) is 0 Å². The average molecular weight is 458 g/mol. The van der Waals surface area contributed by atoms with Crippen molar-refractivity contribution >= 4 is 17.2 Å². The number of aromatic nitrogens is 5. The lowest BCUT2D eigenvalue weighted by Crippen LogP contribution is -2.32. The average Bonchev–Trinajstić information content (AvgIpc) is 3.48. The minimum Gasteiger partial charge on any atom is -0.345 e. The van der Waals surface area contributed by atoms with Crippen molar-refractivity contribution in [2.75, 3.05) is 4.90 Å². The van der Waals surface area contributed by atoms with E-state index >= 15 is 0 Å². The summed E-state index contributed by atoms with van der Waals surface area (Å²) in [5.74, 6) is -1.20. The monoisotopic (exact) mass is 458 g/mol. The van der Waals surface area contributed by atoms with Crippen LogP contribution in [0.25, 0.3) is 16.9 Å².